The molecule has 5 nitrogen and oxygen atoms in total. The quantitative estimate of drug-likeness (QED) is 0.259. The summed E-state index contributed by atoms with van der Waals surface area (Å²) in [6.45, 7) is 0.0511. The number of anilines is 1. The highest BCUT2D eigenvalue weighted by atomic mass is 32.1. The van der Waals surface area contributed by atoms with Crippen LogP contribution < -0.4 is 4.90 Å². The maximum absolute atomic E-state index is 8.75. The lowest BCUT2D eigenvalue weighted by Crippen LogP contribution is -2.30. The molecule has 0 saturated carbocycles. The average molecular weight is 233 g/mol. The Morgan fingerprint density at radius 3 is 2.86 bits per heavy atom. The number of hydrogen-bond acceptors (Lipinski definition) is 6. The van der Waals surface area contributed by atoms with Crippen LogP contribution in [0.15, 0.2) is 11.1 Å². The fraction of sp³-hybridized carbons (Fsp3) is 0.429. The predicted molar refractivity (Wildman–Crippen MR) is 58.2 cm³/mol. The fourth-order valence-electron chi connectivity index (χ4n) is 0.944. The number of H-pyrrole nitrogens is 1. The topological polar surface area (TPSA) is 72.4 Å². The Morgan fingerprint density at radius 1 is 1.71 bits per heavy atom. The van der Waals surface area contributed by atoms with E-state index in [9.17, 15) is 0 Å². The van der Waals surface area contributed by atoms with E-state index in [2.05, 4.69) is 22.6 Å². The molecule has 0 amide bonds. The molecule has 0 aliphatic carbocycles. The number of nitrogens with one attached hydrogen (secondary N) is 1. The van der Waals surface area contributed by atoms with Crippen LogP contribution in [0.1, 0.15) is 0 Å². The summed E-state index contributed by atoms with van der Waals surface area (Å²) < 4.78 is 0.499. The maximum atomic E-state index is 8.75. The molecule has 1 rings (SSSR count). The third-order valence-electron chi connectivity index (χ3n) is 1.51. The Labute approximate surface area is 91.8 Å². The number of aromatic amines is 1. The fourth-order valence-corrected chi connectivity index (χ4v) is 1.46. The van der Waals surface area contributed by atoms with Crippen LogP contribution in [0.25, 0.3) is 0 Å². The second-order valence-corrected chi connectivity index (χ2v) is 3.69. The van der Waals surface area contributed by atoms with Gasteiger partial charge >= 0.3 is 0 Å². The summed E-state index contributed by atoms with van der Waals surface area (Å²) in [6, 6.07) is 1.60. The Hall–Kier alpha value is -0.630. The lowest BCUT2D eigenvalue weighted by Gasteiger charge is -2.18. The van der Waals surface area contributed by atoms with E-state index in [0.29, 0.717) is 15.6 Å². The van der Waals surface area contributed by atoms with Gasteiger partial charge in [-0.05, 0) is 0 Å². The summed E-state index contributed by atoms with van der Waals surface area (Å²) in [5.74, 6) is 0.454. The van der Waals surface area contributed by atoms with Crippen molar-refractivity contribution in [2.45, 2.75) is 11.3 Å². The minimum Gasteiger partial charge on any atom is -0.367 e. The number of hydrogen-bond donors (Lipinski definition) is 4. The van der Waals surface area contributed by atoms with Crippen molar-refractivity contribution in [3.8, 4) is 0 Å². The number of aliphatic hydroxyl groups excluding tert-OH is 1. The summed E-state index contributed by atoms with van der Waals surface area (Å²) in [5, 5.41) is 18.0. The summed E-state index contributed by atoms with van der Waals surface area (Å²) in [6.07, 6.45) is -1.41. The number of aromatic nitrogens is 2. The first-order valence-electron chi connectivity index (χ1n) is 3.86. The molecule has 0 saturated heterocycles. The lowest BCUT2D eigenvalue weighted by atomic mass is 10.5. The molecule has 0 atom stereocenters. The molecule has 0 fully saturated rings. The first-order valence-corrected chi connectivity index (χ1v) is 4.72. The van der Waals surface area contributed by atoms with Gasteiger partial charge in [-0.3, -0.25) is 0 Å². The van der Waals surface area contributed by atoms with Crippen LogP contribution in [0.5, 0.6) is 0 Å². The minimum absolute atomic E-state index is 0.0511. The molecular formula is C7H11N3O2S2. The number of nitrogens with zero attached hydrogens (tertiary/aromatic N) is 2. The van der Waals surface area contributed by atoms with E-state index in [-0.39, 0.29) is 6.54 Å². The molecule has 0 bridgehead atoms. The van der Waals surface area contributed by atoms with Gasteiger partial charge in [0.1, 0.15) is 4.64 Å². The van der Waals surface area contributed by atoms with Crippen molar-refractivity contribution < 1.29 is 10.2 Å². The maximum Gasteiger partial charge on any atom is 0.204 e. The molecular weight excluding hydrogens is 222 g/mol. The van der Waals surface area contributed by atoms with E-state index < -0.39 is 6.29 Å². The molecule has 0 aliphatic heterocycles. The van der Waals surface area contributed by atoms with Crippen LogP contribution in [-0.2, 0) is 0 Å². The highest BCUT2D eigenvalue weighted by Gasteiger charge is 2.07. The summed E-state index contributed by atoms with van der Waals surface area (Å²) >= 11 is 8.98. The molecule has 1 aromatic heterocycles. The van der Waals surface area contributed by atoms with Gasteiger partial charge in [0, 0.05) is 13.1 Å². The second kappa shape index (κ2) is 4.74. The number of thiol groups is 1. The van der Waals surface area contributed by atoms with E-state index >= 15 is 0 Å². The monoisotopic (exact) mass is 233 g/mol. The number of aliphatic hydroxyl groups is 2. The zero-order valence-corrected chi connectivity index (χ0v) is 9.22. The van der Waals surface area contributed by atoms with E-state index in [1.54, 1.807) is 18.0 Å². The molecule has 1 heterocycles. The van der Waals surface area contributed by atoms with Crippen LogP contribution in [0.3, 0.4) is 0 Å². The van der Waals surface area contributed by atoms with Gasteiger partial charge in [-0.2, -0.15) is 0 Å². The second-order valence-electron chi connectivity index (χ2n) is 2.79. The molecule has 7 heteroatoms. The van der Waals surface area contributed by atoms with Gasteiger partial charge in [0.25, 0.3) is 0 Å². The Balaban J connectivity index is 2.89. The van der Waals surface area contributed by atoms with Crippen molar-refractivity contribution in [1.29, 1.82) is 0 Å². The Morgan fingerprint density at radius 2 is 2.36 bits per heavy atom. The van der Waals surface area contributed by atoms with Gasteiger partial charge in [0.2, 0.25) is 5.95 Å². The first-order chi connectivity index (χ1) is 6.49. The smallest absolute Gasteiger partial charge is 0.204 e. The van der Waals surface area contributed by atoms with Gasteiger partial charge in [-0.15, -0.1) is 12.6 Å². The first kappa shape index (κ1) is 11.4. The number of likely N-dealkylation sites (N-methyl/N-ethyl adjacent to an activating group) is 1. The summed E-state index contributed by atoms with van der Waals surface area (Å²) in [4.78, 5) is 8.39. The third-order valence-corrected chi connectivity index (χ3v) is 1.96. The van der Waals surface area contributed by atoms with Crippen molar-refractivity contribution in [3.63, 3.8) is 0 Å². The van der Waals surface area contributed by atoms with Crippen LogP contribution in [0, 0.1) is 4.64 Å². The van der Waals surface area contributed by atoms with E-state index in [1.165, 1.54) is 0 Å². The van der Waals surface area contributed by atoms with Crippen LogP contribution in [0.2, 0.25) is 0 Å². The van der Waals surface area contributed by atoms with Crippen LogP contribution in [0.4, 0.5) is 5.95 Å². The van der Waals surface area contributed by atoms with Crippen molar-refractivity contribution in [2.24, 2.45) is 0 Å². The molecule has 0 aromatic carbocycles. The van der Waals surface area contributed by atoms with E-state index in [0.717, 1.165) is 0 Å². The van der Waals surface area contributed by atoms with Gasteiger partial charge in [-0.25, -0.2) is 4.98 Å². The molecule has 3 N–H and O–H groups in total. The zero-order valence-electron chi connectivity index (χ0n) is 7.51. The van der Waals surface area contributed by atoms with Crippen LogP contribution >= 0.6 is 24.8 Å². The normalized spacial score (nSPS) is 10.6. The number of rotatable bonds is 3. The highest BCUT2D eigenvalue weighted by Crippen LogP contribution is 2.09. The van der Waals surface area contributed by atoms with Crippen molar-refractivity contribution in [3.05, 3.63) is 10.7 Å². The third kappa shape index (κ3) is 3.26. The van der Waals surface area contributed by atoms with Gasteiger partial charge in [-0.1, -0.05) is 12.2 Å². The Bertz CT molecular complexity index is 366. The average Bonchev–Trinajstić information content (AvgIpc) is 2.00. The molecule has 0 unspecified atom stereocenters. The molecule has 0 aliphatic rings. The van der Waals surface area contributed by atoms with Crippen molar-refractivity contribution in [1.82, 2.24) is 9.97 Å². The molecule has 0 spiro atoms. The Kier molecular flexibility index (Phi) is 3.87. The van der Waals surface area contributed by atoms with Gasteiger partial charge in [0.05, 0.1) is 11.6 Å². The van der Waals surface area contributed by atoms with Crippen LogP contribution in [-0.4, -0.2) is 40.1 Å². The van der Waals surface area contributed by atoms with E-state index in [1.807, 2.05) is 0 Å². The van der Waals surface area contributed by atoms with Crippen molar-refractivity contribution in [2.75, 3.05) is 18.5 Å². The summed E-state index contributed by atoms with van der Waals surface area (Å²) in [7, 11) is 1.67. The zero-order chi connectivity index (χ0) is 10.7. The highest BCUT2D eigenvalue weighted by molar-refractivity contribution is 7.80. The lowest BCUT2D eigenvalue weighted by molar-refractivity contribution is -0.0316. The predicted octanol–water partition coefficient (Wildman–Crippen LogP) is 0.175. The van der Waals surface area contributed by atoms with Gasteiger partial charge < -0.3 is 20.1 Å². The van der Waals surface area contributed by atoms with Crippen molar-refractivity contribution >= 4 is 30.8 Å². The SMILES string of the molecule is CN(CC(O)O)c1nc(S)cc(=S)[nH]1. The van der Waals surface area contributed by atoms with Gasteiger partial charge in [0.15, 0.2) is 6.29 Å². The standard InChI is InChI=1S/C7H11N3O2S2/c1-10(3-6(11)12)7-8-4(13)2-5(14)9-7/h2,6,11-12H,3H2,1H3,(H2,8,9,13,14). The molecule has 78 valence electrons. The van der Waals surface area contributed by atoms with E-state index in [4.69, 9.17) is 22.4 Å². The largest absolute Gasteiger partial charge is 0.367 e. The summed E-state index contributed by atoms with van der Waals surface area (Å²) in [5.41, 5.74) is 0. The molecule has 14 heavy (non-hydrogen) atoms. The molecule has 0 radical (unpaired) electrons. The minimum atomic E-state index is -1.41. The molecule has 1 aromatic rings.